The van der Waals surface area contributed by atoms with Crippen molar-refractivity contribution >= 4 is 11.8 Å². The van der Waals surface area contributed by atoms with Crippen molar-refractivity contribution < 1.29 is 14.3 Å². The van der Waals surface area contributed by atoms with Gasteiger partial charge < -0.3 is 15.0 Å². The van der Waals surface area contributed by atoms with Gasteiger partial charge in [0.05, 0.1) is 13.0 Å². The number of ether oxygens (including phenoxy) is 1. The molecule has 1 aromatic carbocycles. The standard InChI is InChI=1S/C20H30N2O3/c1-3-4-5-6-13-21-19(23)17-8-7-14-22(15-17)20(24)16-9-11-18(25-2)12-10-16/h9-12,17H,3-8,13-15H2,1-2H3,(H,21,23)/t17-/m1/s1. The molecule has 0 bridgehead atoms. The molecule has 0 unspecified atom stereocenters. The minimum absolute atomic E-state index is 0.0110. The Hall–Kier alpha value is -2.04. The molecule has 1 saturated heterocycles. The summed E-state index contributed by atoms with van der Waals surface area (Å²) in [5.41, 5.74) is 0.640. The maximum absolute atomic E-state index is 12.7. The van der Waals surface area contributed by atoms with Gasteiger partial charge in [0.25, 0.3) is 5.91 Å². The lowest BCUT2D eigenvalue weighted by molar-refractivity contribution is -0.126. The topological polar surface area (TPSA) is 58.6 Å². The molecule has 1 N–H and O–H groups in total. The van der Waals surface area contributed by atoms with E-state index in [0.717, 1.165) is 38.0 Å². The molecule has 1 aliphatic rings. The van der Waals surface area contributed by atoms with Crippen molar-refractivity contribution in [1.29, 1.82) is 0 Å². The van der Waals surface area contributed by atoms with Gasteiger partial charge in [0, 0.05) is 25.2 Å². The molecule has 0 aromatic heterocycles. The lowest BCUT2D eigenvalue weighted by Crippen LogP contribution is -2.45. The molecular weight excluding hydrogens is 316 g/mol. The molecule has 138 valence electrons. The molecule has 2 rings (SSSR count). The second-order valence-electron chi connectivity index (χ2n) is 6.67. The Balaban J connectivity index is 1.84. The van der Waals surface area contributed by atoms with Gasteiger partial charge in [-0.2, -0.15) is 0 Å². The largest absolute Gasteiger partial charge is 0.497 e. The quantitative estimate of drug-likeness (QED) is 0.735. The fourth-order valence-electron chi connectivity index (χ4n) is 3.20. The molecule has 1 aromatic rings. The van der Waals surface area contributed by atoms with Crippen LogP contribution in [-0.2, 0) is 4.79 Å². The van der Waals surface area contributed by atoms with Crippen molar-refractivity contribution in [2.45, 2.75) is 45.4 Å². The van der Waals surface area contributed by atoms with E-state index in [4.69, 9.17) is 4.74 Å². The van der Waals surface area contributed by atoms with Gasteiger partial charge in [0.15, 0.2) is 0 Å². The Bertz CT molecular complexity index is 557. The number of hydrogen-bond acceptors (Lipinski definition) is 3. The van der Waals surface area contributed by atoms with Gasteiger partial charge in [0.1, 0.15) is 5.75 Å². The summed E-state index contributed by atoms with van der Waals surface area (Å²) in [4.78, 5) is 26.8. The molecule has 25 heavy (non-hydrogen) atoms. The van der Waals surface area contributed by atoms with Gasteiger partial charge in [-0.15, -0.1) is 0 Å². The van der Waals surface area contributed by atoms with Crippen molar-refractivity contribution in [1.82, 2.24) is 10.2 Å². The molecule has 0 saturated carbocycles. The number of benzene rings is 1. The summed E-state index contributed by atoms with van der Waals surface area (Å²) >= 11 is 0. The third-order valence-electron chi connectivity index (χ3n) is 4.75. The number of unbranched alkanes of at least 4 members (excludes halogenated alkanes) is 3. The zero-order valence-corrected chi connectivity index (χ0v) is 15.4. The van der Waals surface area contributed by atoms with E-state index >= 15 is 0 Å². The van der Waals surface area contributed by atoms with E-state index in [-0.39, 0.29) is 17.7 Å². The number of hydrogen-bond donors (Lipinski definition) is 1. The molecule has 1 atom stereocenters. The molecule has 1 fully saturated rings. The van der Waals surface area contributed by atoms with Crippen LogP contribution in [0.15, 0.2) is 24.3 Å². The highest BCUT2D eigenvalue weighted by molar-refractivity contribution is 5.94. The smallest absolute Gasteiger partial charge is 0.253 e. The van der Waals surface area contributed by atoms with Gasteiger partial charge >= 0.3 is 0 Å². The molecule has 0 radical (unpaired) electrons. The van der Waals surface area contributed by atoms with Crippen LogP contribution < -0.4 is 10.1 Å². The normalized spacial score (nSPS) is 17.2. The number of methoxy groups -OCH3 is 1. The molecule has 5 nitrogen and oxygen atoms in total. The fourth-order valence-corrected chi connectivity index (χ4v) is 3.20. The third kappa shape index (κ3) is 5.76. The van der Waals surface area contributed by atoms with Crippen LogP contribution in [0, 0.1) is 5.92 Å². The van der Waals surface area contributed by atoms with Crippen LogP contribution in [0.5, 0.6) is 5.75 Å². The van der Waals surface area contributed by atoms with Crippen LogP contribution in [0.2, 0.25) is 0 Å². The molecule has 5 heteroatoms. The Labute approximate surface area is 150 Å². The van der Waals surface area contributed by atoms with E-state index in [9.17, 15) is 9.59 Å². The highest BCUT2D eigenvalue weighted by Crippen LogP contribution is 2.20. The number of carbonyl (C=O) groups excluding carboxylic acids is 2. The first-order valence-corrected chi connectivity index (χ1v) is 9.36. The number of carbonyl (C=O) groups is 2. The number of rotatable bonds is 8. The summed E-state index contributed by atoms with van der Waals surface area (Å²) in [5, 5.41) is 3.03. The van der Waals surface area contributed by atoms with Crippen molar-refractivity contribution in [2.24, 2.45) is 5.92 Å². The molecule has 0 spiro atoms. The van der Waals surface area contributed by atoms with E-state index in [1.807, 2.05) is 0 Å². The minimum Gasteiger partial charge on any atom is -0.497 e. The van der Waals surface area contributed by atoms with E-state index in [1.165, 1.54) is 12.8 Å². The number of amides is 2. The van der Waals surface area contributed by atoms with E-state index in [2.05, 4.69) is 12.2 Å². The van der Waals surface area contributed by atoms with Gasteiger partial charge in [-0.25, -0.2) is 0 Å². The average molecular weight is 346 g/mol. The van der Waals surface area contributed by atoms with Crippen LogP contribution in [0.25, 0.3) is 0 Å². The highest BCUT2D eigenvalue weighted by Gasteiger charge is 2.28. The van der Waals surface area contributed by atoms with Gasteiger partial charge in [0.2, 0.25) is 5.91 Å². The summed E-state index contributed by atoms with van der Waals surface area (Å²) in [7, 11) is 1.60. The van der Waals surface area contributed by atoms with Gasteiger partial charge in [-0.1, -0.05) is 26.2 Å². The van der Waals surface area contributed by atoms with Crippen molar-refractivity contribution in [3.63, 3.8) is 0 Å². The SMILES string of the molecule is CCCCCCNC(=O)[C@@H]1CCCN(C(=O)c2ccc(OC)cc2)C1. The average Bonchev–Trinajstić information content (AvgIpc) is 2.67. The lowest BCUT2D eigenvalue weighted by atomic mass is 9.96. The van der Waals surface area contributed by atoms with Crippen molar-refractivity contribution in [3.8, 4) is 5.75 Å². The number of piperidine rings is 1. The third-order valence-corrected chi connectivity index (χ3v) is 4.75. The summed E-state index contributed by atoms with van der Waals surface area (Å²) < 4.78 is 5.13. The van der Waals surface area contributed by atoms with Gasteiger partial charge in [-0.05, 0) is 43.5 Å². The Morgan fingerprint density at radius 2 is 1.96 bits per heavy atom. The van der Waals surface area contributed by atoms with Crippen molar-refractivity contribution in [3.05, 3.63) is 29.8 Å². The molecule has 2 amide bonds. The number of nitrogens with one attached hydrogen (secondary N) is 1. The first kappa shape index (κ1) is 19.3. The number of likely N-dealkylation sites (tertiary alicyclic amines) is 1. The molecular formula is C20H30N2O3. The molecule has 0 aliphatic carbocycles. The van der Waals surface area contributed by atoms with Crippen LogP contribution in [0.4, 0.5) is 0 Å². The summed E-state index contributed by atoms with van der Waals surface area (Å²) in [6, 6.07) is 7.13. The van der Waals surface area contributed by atoms with Crippen molar-refractivity contribution in [2.75, 3.05) is 26.7 Å². The predicted octanol–water partition coefficient (Wildman–Crippen LogP) is 3.24. The lowest BCUT2D eigenvalue weighted by Gasteiger charge is -2.32. The van der Waals surface area contributed by atoms with Gasteiger partial charge in [-0.3, -0.25) is 9.59 Å². The Morgan fingerprint density at radius 3 is 2.64 bits per heavy atom. The monoisotopic (exact) mass is 346 g/mol. The molecule has 1 heterocycles. The first-order chi connectivity index (χ1) is 12.2. The van der Waals surface area contributed by atoms with E-state index < -0.39 is 0 Å². The summed E-state index contributed by atoms with van der Waals surface area (Å²) in [6.45, 7) is 4.13. The van der Waals surface area contributed by atoms with Crippen LogP contribution in [0.1, 0.15) is 55.8 Å². The van der Waals surface area contributed by atoms with E-state index in [1.54, 1.807) is 36.3 Å². The highest BCUT2D eigenvalue weighted by atomic mass is 16.5. The predicted molar refractivity (Wildman–Crippen MR) is 98.8 cm³/mol. The Kier molecular flexibility index (Phi) is 7.76. The van der Waals surface area contributed by atoms with Crippen LogP contribution >= 0.6 is 0 Å². The second-order valence-corrected chi connectivity index (χ2v) is 6.67. The van der Waals surface area contributed by atoms with Crippen LogP contribution in [-0.4, -0.2) is 43.5 Å². The van der Waals surface area contributed by atoms with Crippen LogP contribution in [0.3, 0.4) is 0 Å². The molecule has 1 aliphatic heterocycles. The second kappa shape index (κ2) is 10.1. The zero-order chi connectivity index (χ0) is 18.1. The van der Waals surface area contributed by atoms with E-state index in [0.29, 0.717) is 18.7 Å². The maximum atomic E-state index is 12.7. The summed E-state index contributed by atoms with van der Waals surface area (Å²) in [6.07, 6.45) is 6.32. The summed E-state index contributed by atoms with van der Waals surface area (Å²) in [5.74, 6) is 0.712. The zero-order valence-electron chi connectivity index (χ0n) is 15.4. The maximum Gasteiger partial charge on any atom is 0.253 e. The fraction of sp³-hybridized carbons (Fsp3) is 0.600. The first-order valence-electron chi connectivity index (χ1n) is 9.36. The number of nitrogens with zero attached hydrogens (tertiary/aromatic N) is 1. The minimum atomic E-state index is -0.0953. The Morgan fingerprint density at radius 1 is 1.20 bits per heavy atom.